The molecule has 0 heterocycles. The quantitative estimate of drug-likeness (QED) is 0.633. The van der Waals surface area contributed by atoms with Crippen LogP contribution in [0.3, 0.4) is 0 Å². The molecule has 7 nitrogen and oxygen atoms in total. The van der Waals surface area contributed by atoms with Gasteiger partial charge in [-0.05, 0) is 64.4 Å². The molecule has 0 aliphatic rings. The summed E-state index contributed by atoms with van der Waals surface area (Å²) in [5.74, 6) is -1.34. The normalized spacial score (nSPS) is 13.0. The van der Waals surface area contributed by atoms with Crippen molar-refractivity contribution in [1.82, 2.24) is 14.5 Å². The van der Waals surface area contributed by atoms with Crippen LogP contribution in [-0.2, 0) is 26.2 Å². The van der Waals surface area contributed by atoms with Gasteiger partial charge in [0.2, 0.25) is 21.8 Å². The number of amides is 2. The van der Waals surface area contributed by atoms with E-state index >= 15 is 0 Å². The number of likely N-dealkylation sites (N-methyl/N-ethyl adjacent to an activating group) is 1. The van der Waals surface area contributed by atoms with Gasteiger partial charge < -0.3 is 10.2 Å². The number of benzene rings is 2. The topological polar surface area (TPSA) is 86.8 Å². The van der Waals surface area contributed by atoms with Crippen molar-refractivity contribution < 1.29 is 22.4 Å². The number of carbonyl (C=O) groups excluding carboxylic acids is 2. The summed E-state index contributed by atoms with van der Waals surface area (Å²) in [6.45, 7) is 8.47. The van der Waals surface area contributed by atoms with Crippen LogP contribution in [0.4, 0.5) is 4.39 Å². The minimum atomic E-state index is -3.90. The fourth-order valence-electron chi connectivity index (χ4n) is 3.10. The molecule has 2 amide bonds. The van der Waals surface area contributed by atoms with Crippen molar-refractivity contribution in [2.24, 2.45) is 0 Å². The van der Waals surface area contributed by atoms with Gasteiger partial charge in [0.1, 0.15) is 11.9 Å². The highest BCUT2D eigenvalue weighted by Crippen LogP contribution is 2.17. The summed E-state index contributed by atoms with van der Waals surface area (Å²) in [7, 11) is -2.58. The van der Waals surface area contributed by atoms with E-state index in [1.165, 1.54) is 48.3 Å². The van der Waals surface area contributed by atoms with Crippen molar-refractivity contribution in [2.45, 2.75) is 57.6 Å². The number of sulfonamides is 1. The van der Waals surface area contributed by atoms with Crippen molar-refractivity contribution >= 4 is 21.8 Å². The van der Waals surface area contributed by atoms with Crippen LogP contribution in [0.5, 0.6) is 0 Å². The highest BCUT2D eigenvalue weighted by atomic mass is 32.2. The molecule has 1 N–H and O–H groups in total. The number of carbonyl (C=O) groups is 2. The number of hydrogen-bond donors (Lipinski definition) is 1. The summed E-state index contributed by atoms with van der Waals surface area (Å²) in [5.41, 5.74) is 1.02. The summed E-state index contributed by atoms with van der Waals surface area (Å²) in [6.07, 6.45) is 0. The molecule has 0 fully saturated rings. The van der Waals surface area contributed by atoms with E-state index in [0.29, 0.717) is 5.56 Å². The average molecular weight is 478 g/mol. The molecule has 180 valence electrons. The van der Waals surface area contributed by atoms with Crippen molar-refractivity contribution in [2.75, 3.05) is 13.6 Å². The third kappa shape index (κ3) is 7.36. The maximum atomic E-state index is 13.3. The van der Waals surface area contributed by atoms with Gasteiger partial charge in [0.25, 0.3) is 0 Å². The summed E-state index contributed by atoms with van der Waals surface area (Å²) in [4.78, 5) is 27.4. The Morgan fingerprint density at radius 2 is 1.58 bits per heavy atom. The molecule has 2 rings (SSSR count). The zero-order chi connectivity index (χ0) is 25.0. The van der Waals surface area contributed by atoms with Gasteiger partial charge in [0.15, 0.2) is 0 Å². The molecule has 0 spiro atoms. The first kappa shape index (κ1) is 26.5. The molecule has 0 aliphatic carbocycles. The first-order chi connectivity index (χ1) is 15.2. The minimum absolute atomic E-state index is 0.0241. The molecular formula is C24H32FN3O4S. The molecule has 0 aromatic heterocycles. The molecule has 0 radical (unpaired) electrons. The first-order valence-corrected chi connectivity index (χ1v) is 12.0. The molecule has 0 aliphatic heterocycles. The lowest BCUT2D eigenvalue weighted by molar-refractivity contribution is -0.141. The second-order valence-corrected chi connectivity index (χ2v) is 11.2. The summed E-state index contributed by atoms with van der Waals surface area (Å²) in [6, 6.07) is 11.1. The summed E-state index contributed by atoms with van der Waals surface area (Å²) < 4.78 is 40.1. The van der Waals surface area contributed by atoms with Crippen LogP contribution in [0.1, 0.15) is 38.8 Å². The molecule has 9 heteroatoms. The maximum Gasteiger partial charge on any atom is 0.243 e. The Morgan fingerprint density at radius 3 is 2.09 bits per heavy atom. The van der Waals surface area contributed by atoms with Gasteiger partial charge in [0, 0.05) is 19.1 Å². The second-order valence-electron chi connectivity index (χ2n) is 9.14. The number of halogens is 1. The molecule has 2 aromatic rings. The Labute approximate surface area is 195 Å². The molecule has 0 bridgehead atoms. The Kier molecular flexibility index (Phi) is 8.37. The van der Waals surface area contributed by atoms with Gasteiger partial charge in [-0.3, -0.25) is 9.59 Å². The molecule has 0 saturated heterocycles. The highest BCUT2D eigenvalue weighted by molar-refractivity contribution is 7.89. The summed E-state index contributed by atoms with van der Waals surface area (Å²) >= 11 is 0. The third-order valence-corrected chi connectivity index (χ3v) is 6.84. The van der Waals surface area contributed by atoms with Crippen LogP contribution in [0, 0.1) is 12.7 Å². The molecule has 33 heavy (non-hydrogen) atoms. The van der Waals surface area contributed by atoms with Crippen LogP contribution >= 0.6 is 0 Å². The van der Waals surface area contributed by atoms with E-state index in [1.807, 2.05) is 27.7 Å². The average Bonchev–Trinajstić information content (AvgIpc) is 2.71. The zero-order valence-electron chi connectivity index (χ0n) is 19.9. The van der Waals surface area contributed by atoms with Crippen LogP contribution in [0.15, 0.2) is 53.4 Å². The van der Waals surface area contributed by atoms with Crippen molar-refractivity contribution in [3.8, 4) is 0 Å². The van der Waals surface area contributed by atoms with Gasteiger partial charge in [0.05, 0.1) is 11.4 Å². The largest absolute Gasteiger partial charge is 0.350 e. The smallest absolute Gasteiger partial charge is 0.243 e. The number of rotatable bonds is 8. The monoisotopic (exact) mass is 477 g/mol. The van der Waals surface area contributed by atoms with Crippen LogP contribution in [0.2, 0.25) is 0 Å². The minimum Gasteiger partial charge on any atom is -0.350 e. The van der Waals surface area contributed by atoms with E-state index in [4.69, 9.17) is 0 Å². The lowest BCUT2D eigenvalue weighted by Crippen LogP contribution is -2.54. The number of hydrogen-bond acceptors (Lipinski definition) is 4. The highest BCUT2D eigenvalue weighted by Gasteiger charge is 2.31. The van der Waals surface area contributed by atoms with E-state index in [0.717, 1.165) is 9.87 Å². The van der Waals surface area contributed by atoms with Crippen LogP contribution in [-0.4, -0.2) is 54.6 Å². The predicted molar refractivity (Wildman–Crippen MR) is 125 cm³/mol. The molecular weight excluding hydrogens is 445 g/mol. The van der Waals surface area contributed by atoms with E-state index < -0.39 is 39.9 Å². The van der Waals surface area contributed by atoms with Gasteiger partial charge in [-0.25, -0.2) is 12.8 Å². The fraction of sp³-hybridized carbons (Fsp3) is 0.417. The molecule has 1 unspecified atom stereocenters. The number of nitrogens with zero attached hydrogens (tertiary/aromatic N) is 2. The molecule has 1 atom stereocenters. The Balaban J connectivity index is 2.28. The van der Waals surface area contributed by atoms with E-state index in [1.54, 1.807) is 19.1 Å². The maximum absolute atomic E-state index is 13.3. The fourth-order valence-corrected chi connectivity index (χ4v) is 4.22. The predicted octanol–water partition coefficient (Wildman–Crippen LogP) is 3.09. The standard InChI is InChI=1S/C24H32FN3O4S/c1-17-7-13-21(14-8-17)33(31,32)27(6)16-22(29)28(15-19-9-11-20(25)12-10-19)18(2)23(30)26-24(3,4)5/h7-14,18H,15-16H2,1-6H3,(H,26,30). The van der Waals surface area contributed by atoms with Crippen LogP contribution < -0.4 is 5.32 Å². The van der Waals surface area contributed by atoms with E-state index in [9.17, 15) is 22.4 Å². The second kappa shape index (κ2) is 10.4. The SMILES string of the molecule is Cc1ccc(S(=O)(=O)N(C)CC(=O)N(Cc2ccc(F)cc2)C(C)C(=O)NC(C)(C)C)cc1. The Morgan fingerprint density at radius 1 is 1.03 bits per heavy atom. The Hall–Kier alpha value is -2.78. The molecule has 0 saturated carbocycles. The van der Waals surface area contributed by atoms with E-state index in [-0.39, 0.29) is 17.3 Å². The molecule has 2 aromatic carbocycles. The first-order valence-electron chi connectivity index (χ1n) is 10.6. The lowest BCUT2D eigenvalue weighted by atomic mass is 10.1. The zero-order valence-corrected chi connectivity index (χ0v) is 20.7. The van der Waals surface area contributed by atoms with Gasteiger partial charge in [-0.1, -0.05) is 29.8 Å². The van der Waals surface area contributed by atoms with Gasteiger partial charge in [-0.15, -0.1) is 0 Å². The lowest BCUT2D eigenvalue weighted by Gasteiger charge is -2.32. The van der Waals surface area contributed by atoms with Crippen molar-refractivity contribution in [3.63, 3.8) is 0 Å². The summed E-state index contributed by atoms with van der Waals surface area (Å²) in [5, 5.41) is 2.84. The van der Waals surface area contributed by atoms with Gasteiger partial charge in [-0.2, -0.15) is 4.31 Å². The van der Waals surface area contributed by atoms with Gasteiger partial charge >= 0.3 is 0 Å². The van der Waals surface area contributed by atoms with E-state index in [2.05, 4.69) is 5.32 Å². The van der Waals surface area contributed by atoms with Crippen LogP contribution in [0.25, 0.3) is 0 Å². The van der Waals surface area contributed by atoms with Crippen molar-refractivity contribution in [3.05, 3.63) is 65.5 Å². The third-order valence-electron chi connectivity index (χ3n) is 5.02. The number of nitrogens with one attached hydrogen (secondary N) is 1. The van der Waals surface area contributed by atoms with Crippen molar-refractivity contribution in [1.29, 1.82) is 0 Å². The number of aryl methyl sites for hydroxylation is 1. The Bertz CT molecular complexity index is 1080.